The minimum atomic E-state index is -0.613. The number of benzene rings is 2. The SMILES string of the molecule is CCCCC(=O)N(Cc1ccc2oc(-c3ccc(-c4nn[nH]n4)cc3)cc2c1)CC1(C(=O)OCC)CCCC1. The summed E-state index contributed by atoms with van der Waals surface area (Å²) in [5.74, 6) is 1.21. The van der Waals surface area contributed by atoms with E-state index in [0.29, 0.717) is 31.9 Å². The van der Waals surface area contributed by atoms with Gasteiger partial charge in [-0.3, -0.25) is 9.59 Å². The second kappa shape index (κ2) is 11.8. The van der Waals surface area contributed by atoms with Crippen LogP contribution in [0.25, 0.3) is 33.7 Å². The summed E-state index contributed by atoms with van der Waals surface area (Å²) < 4.78 is 11.6. The topological polar surface area (TPSA) is 114 Å². The molecule has 0 aliphatic heterocycles. The van der Waals surface area contributed by atoms with Gasteiger partial charge < -0.3 is 14.1 Å². The van der Waals surface area contributed by atoms with Crippen LogP contribution in [-0.2, 0) is 20.9 Å². The highest BCUT2D eigenvalue weighted by Gasteiger charge is 2.44. The lowest BCUT2D eigenvalue weighted by Gasteiger charge is -2.34. The first kappa shape index (κ1) is 26.6. The molecule has 5 rings (SSSR count). The standard InChI is InChI=1S/C30H35N5O4/c1-3-5-8-27(36)35(20-30(15-6-7-16-30)29(37)38-4-2)19-21-9-14-25-24(17-21)18-26(39-25)22-10-12-23(13-11-22)28-31-33-34-32-28/h9-14,17-18H,3-8,15-16,19-20H2,1-2H3,(H,31,32,33,34). The average Bonchev–Trinajstić information content (AvgIpc) is 3.73. The van der Waals surface area contributed by atoms with Crippen LogP contribution >= 0.6 is 0 Å². The molecule has 39 heavy (non-hydrogen) atoms. The highest BCUT2D eigenvalue weighted by molar-refractivity contribution is 5.84. The smallest absolute Gasteiger partial charge is 0.313 e. The molecule has 0 atom stereocenters. The molecule has 2 heterocycles. The van der Waals surface area contributed by atoms with Crippen LogP contribution in [0.3, 0.4) is 0 Å². The van der Waals surface area contributed by atoms with Gasteiger partial charge in [-0.05, 0) is 55.2 Å². The number of carbonyl (C=O) groups excluding carboxylic acids is 2. The van der Waals surface area contributed by atoms with Crippen LogP contribution < -0.4 is 0 Å². The molecule has 4 aromatic rings. The largest absolute Gasteiger partial charge is 0.466 e. The van der Waals surface area contributed by atoms with Gasteiger partial charge in [0.05, 0.1) is 12.0 Å². The van der Waals surface area contributed by atoms with Crippen LogP contribution in [0.5, 0.6) is 0 Å². The average molecular weight is 530 g/mol. The number of ether oxygens (including phenoxy) is 1. The number of nitrogens with zero attached hydrogens (tertiary/aromatic N) is 4. The number of tetrazole rings is 1. The molecule has 1 aliphatic carbocycles. The molecule has 204 valence electrons. The van der Waals surface area contributed by atoms with Gasteiger partial charge in [0.2, 0.25) is 11.7 Å². The first-order chi connectivity index (χ1) is 19.0. The molecule has 9 heteroatoms. The summed E-state index contributed by atoms with van der Waals surface area (Å²) in [5, 5.41) is 15.1. The lowest BCUT2D eigenvalue weighted by atomic mass is 9.85. The number of unbranched alkanes of at least 4 members (excludes halogenated alkanes) is 1. The molecule has 1 saturated carbocycles. The molecule has 0 spiro atoms. The summed E-state index contributed by atoms with van der Waals surface area (Å²) in [5.41, 5.74) is 2.97. The van der Waals surface area contributed by atoms with Crippen molar-refractivity contribution in [1.29, 1.82) is 0 Å². The van der Waals surface area contributed by atoms with Crippen molar-refractivity contribution >= 4 is 22.8 Å². The zero-order valence-corrected chi connectivity index (χ0v) is 22.6. The van der Waals surface area contributed by atoms with Crippen molar-refractivity contribution in [2.75, 3.05) is 13.2 Å². The maximum absolute atomic E-state index is 13.3. The van der Waals surface area contributed by atoms with Gasteiger partial charge in [-0.1, -0.05) is 56.5 Å². The maximum atomic E-state index is 13.3. The van der Waals surface area contributed by atoms with Crippen LogP contribution in [0.4, 0.5) is 0 Å². The highest BCUT2D eigenvalue weighted by Crippen LogP contribution is 2.41. The van der Waals surface area contributed by atoms with E-state index in [9.17, 15) is 9.59 Å². The van der Waals surface area contributed by atoms with E-state index in [0.717, 1.165) is 71.9 Å². The van der Waals surface area contributed by atoms with Gasteiger partial charge in [0.1, 0.15) is 11.3 Å². The van der Waals surface area contributed by atoms with Crippen molar-refractivity contribution in [3.8, 4) is 22.7 Å². The molecule has 0 radical (unpaired) electrons. The van der Waals surface area contributed by atoms with Crippen molar-refractivity contribution in [3.05, 3.63) is 54.1 Å². The van der Waals surface area contributed by atoms with E-state index in [1.54, 1.807) is 0 Å². The number of fused-ring (bicyclic) bond motifs is 1. The van der Waals surface area contributed by atoms with Crippen LogP contribution in [0.1, 0.15) is 64.4 Å². The fourth-order valence-electron chi connectivity index (χ4n) is 5.47. The van der Waals surface area contributed by atoms with Gasteiger partial charge in [0, 0.05) is 36.0 Å². The monoisotopic (exact) mass is 529 g/mol. The van der Waals surface area contributed by atoms with E-state index < -0.39 is 5.41 Å². The Balaban J connectivity index is 1.37. The van der Waals surface area contributed by atoms with Gasteiger partial charge in [-0.15, -0.1) is 10.2 Å². The van der Waals surface area contributed by atoms with Crippen LogP contribution in [0.2, 0.25) is 0 Å². The number of aromatic nitrogens is 4. The molecule has 1 fully saturated rings. The van der Waals surface area contributed by atoms with Gasteiger partial charge >= 0.3 is 5.97 Å². The van der Waals surface area contributed by atoms with Crippen LogP contribution in [-0.4, -0.2) is 50.6 Å². The van der Waals surface area contributed by atoms with E-state index in [2.05, 4.69) is 33.6 Å². The number of furan rings is 1. The fraction of sp³-hybridized carbons (Fsp3) is 0.433. The Morgan fingerprint density at radius 2 is 1.82 bits per heavy atom. The van der Waals surface area contributed by atoms with Crippen molar-refractivity contribution in [2.45, 2.75) is 65.3 Å². The molecule has 0 bridgehead atoms. The van der Waals surface area contributed by atoms with Crippen molar-refractivity contribution in [3.63, 3.8) is 0 Å². The Morgan fingerprint density at radius 3 is 2.51 bits per heavy atom. The van der Waals surface area contributed by atoms with E-state index in [1.807, 2.05) is 54.3 Å². The third-order valence-corrected chi connectivity index (χ3v) is 7.59. The molecule has 0 saturated heterocycles. The third kappa shape index (κ3) is 5.87. The Bertz CT molecular complexity index is 1410. The first-order valence-corrected chi connectivity index (χ1v) is 13.8. The zero-order valence-electron chi connectivity index (χ0n) is 22.6. The van der Waals surface area contributed by atoms with E-state index in [4.69, 9.17) is 9.15 Å². The number of H-pyrrole nitrogens is 1. The number of hydrogen-bond acceptors (Lipinski definition) is 7. The predicted molar refractivity (Wildman–Crippen MR) is 147 cm³/mol. The zero-order chi connectivity index (χ0) is 27.2. The summed E-state index contributed by atoms with van der Waals surface area (Å²) in [6.07, 6.45) is 5.75. The molecular formula is C30H35N5O4. The normalized spacial score (nSPS) is 14.5. The summed E-state index contributed by atoms with van der Waals surface area (Å²) in [6.45, 7) is 5.11. The molecule has 9 nitrogen and oxygen atoms in total. The number of nitrogens with one attached hydrogen (secondary N) is 1. The Labute approximate surface area is 227 Å². The van der Waals surface area contributed by atoms with Crippen molar-refractivity contribution in [1.82, 2.24) is 25.5 Å². The molecule has 1 aliphatic rings. The highest BCUT2D eigenvalue weighted by atomic mass is 16.5. The van der Waals surface area contributed by atoms with E-state index in [-0.39, 0.29) is 11.9 Å². The molecule has 2 aromatic carbocycles. The lowest BCUT2D eigenvalue weighted by Crippen LogP contribution is -2.44. The van der Waals surface area contributed by atoms with Crippen LogP contribution in [0.15, 0.2) is 52.9 Å². The Kier molecular flexibility index (Phi) is 8.05. The second-order valence-electron chi connectivity index (χ2n) is 10.4. The maximum Gasteiger partial charge on any atom is 0.313 e. The third-order valence-electron chi connectivity index (χ3n) is 7.59. The number of rotatable bonds is 11. The lowest BCUT2D eigenvalue weighted by molar-refractivity contribution is -0.157. The quantitative estimate of drug-likeness (QED) is 0.240. The minimum Gasteiger partial charge on any atom is -0.466 e. The number of amides is 1. The van der Waals surface area contributed by atoms with E-state index in [1.165, 1.54) is 0 Å². The minimum absolute atomic E-state index is 0.0853. The second-order valence-corrected chi connectivity index (χ2v) is 10.4. The summed E-state index contributed by atoms with van der Waals surface area (Å²) in [6, 6.07) is 15.8. The Hall–Kier alpha value is -4.01. The van der Waals surface area contributed by atoms with Gasteiger partial charge in [0.15, 0.2) is 0 Å². The predicted octanol–water partition coefficient (Wildman–Crippen LogP) is 5.92. The number of esters is 1. The molecule has 0 unspecified atom stereocenters. The summed E-state index contributed by atoms with van der Waals surface area (Å²) >= 11 is 0. The summed E-state index contributed by atoms with van der Waals surface area (Å²) in [7, 11) is 0. The van der Waals surface area contributed by atoms with Gasteiger partial charge in [-0.2, -0.15) is 5.21 Å². The molecule has 2 aromatic heterocycles. The van der Waals surface area contributed by atoms with Gasteiger partial charge in [0.25, 0.3) is 0 Å². The van der Waals surface area contributed by atoms with Crippen molar-refractivity contribution in [2.24, 2.45) is 5.41 Å². The molecule has 1 N–H and O–H groups in total. The van der Waals surface area contributed by atoms with Gasteiger partial charge in [-0.25, -0.2) is 0 Å². The number of carbonyl (C=O) groups is 2. The fourth-order valence-corrected chi connectivity index (χ4v) is 5.47. The number of aromatic amines is 1. The molecule has 1 amide bonds. The molecular weight excluding hydrogens is 494 g/mol. The summed E-state index contributed by atoms with van der Waals surface area (Å²) in [4.78, 5) is 28.2. The van der Waals surface area contributed by atoms with Crippen LogP contribution in [0, 0.1) is 5.41 Å². The van der Waals surface area contributed by atoms with Crippen molar-refractivity contribution < 1.29 is 18.7 Å². The first-order valence-electron chi connectivity index (χ1n) is 13.8. The van der Waals surface area contributed by atoms with E-state index >= 15 is 0 Å². The number of hydrogen-bond donors (Lipinski definition) is 1. The Morgan fingerprint density at radius 1 is 1.05 bits per heavy atom.